The van der Waals surface area contributed by atoms with Crippen LogP contribution in [0, 0.1) is 23.1 Å². The number of benzene rings is 1. The molecule has 9 nitrogen and oxygen atoms in total. The molecular formula is C30H30F4N6O3S. The summed E-state index contributed by atoms with van der Waals surface area (Å²) >= 11 is 0. The summed E-state index contributed by atoms with van der Waals surface area (Å²) < 4.78 is 83.1. The smallest absolute Gasteiger partial charge is 0.249 e. The van der Waals surface area contributed by atoms with Gasteiger partial charge in [0.25, 0.3) is 0 Å². The number of nitriles is 1. The number of anilines is 1. The Morgan fingerprint density at radius 3 is 2.39 bits per heavy atom. The Labute approximate surface area is 251 Å². The van der Waals surface area contributed by atoms with Gasteiger partial charge in [0.1, 0.15) is 18.0 Å². The molecule has 3 aliphatic rings. The average Bonchev–Trinajstić information content (AvgIpc) is 3.67. The molecule has 1 aromatic carbocycles. The highest BCUT2D eigenvalue weighted by Gasteiger charge is 2.51. The second-order valence-electron chi connectivity index (χ2n) is 11.8. The molecule has 1 amide bonds. The Morgan fingerprint density at radius 2 is 1.80 bits per heavy atom. The number of carbonyl (C=O) groups is 1. The highest BCUT2D eigenvalue weighted by atomic mass is 32.2. The molecular weight excluding hydrogens is 600 g/mol. The number of amides is 1. The van der Waals surface area contributed by atoms with Crippen molar-refractivity contribution in [2.24, 2.45) is 5.92 Å². The van der Waals surface area contributed by atoms with Crippen molar-refractivity contribution < 1.29 is 30.8 Å². The molecule has 3 heterocycles. The Hall–Kier alpha value is -3.99. The van der Waals surface area contributed by atoms with Crippen LogP contribution in [-0.4, -0.2) is 65.1 Å². The summed E-state index contributed by atoms with van der Waals surface area (Å²) in [5.41, 5.74) is 0.825. The molecule has 1 N–H and O–H groups in total. The maximum atomic E-state index is 14.9. The van der Waals surface area contributed by atoms with Crippen LogP contribution in [0.1, 0.15) is 49.4 Å². The number of hydrogen-bond acceptors (Lipinski definition) is 7. The largest absolute Gasteiger partial charge is 0.369 e. The fraction of sp³-hybridized carbons (Fsp3) is 0.467. The van der Waals surface area contributed by atoms with E-state index in [1.165, 1.54) is 10.7 Å². The van der Waals surface area contributed by atoms with Crippen LogP contribution in [0.4, 0.5) is 23.2 Å². The van der Waals surface area contributed by atoms with Crippen molar-refractivity contribution in [3.05, 3.63) is 59.8 Å². The van der Waals surface area contributed by atoms with E-state index < -0.39 is 64.4 Å². The fourth-order valence-electron chi connectivity index (χ4n) is 6.12. The van der Waals surface area contributed by atoms with E-state index >= 15 is 0 Å². The summed E-state index contributed by atoms with van der Waals surface area (Å²) in [4.78, 5) is 19.4. The third-order valence-electron chi connectivity index (χ3n) is 8.77. The highest BCUT2D eigenvalue weighted by Crippen LogP contribution is 2.49. The van der Waals surface area contributed by atoms with Crippen molar-refractivity contribution in [3.63, 3.8) is 0 Å². The summed E-state index contributed by atoms with van der Waals surface area (Å²) in [6, 6.07) is 11.5. The van der Waals surface area contributed by atoms with E-state index in [0.29, 0.717) is 37.1 Å². The van der Waals surface area contributed by atoms with Crippen LogP contribution in [0.15, 0.2) is 42.6 Å². The average molecular weight is 631 g/mol. The van der Waals surface area contributed by atoms with E-state index in [9.17, 15) is 36.0 Å². The zero-order chi connectivity index (χ0) is 31.3. The van der Waals surface area contributed by atoms with Crippen LogP contribution in [0.25, 0.3) is 16.9 Å². The van der Waals surface area contributed by atoms with Gasteiger partial charge in [0, 0.05) is 43.1 Å². The number of halogens is 4. The van der Waals surface area contributed by atoms with Crippen LogP contribution in [0.2, 0.25) is 0 Å². The molecule has 14 heteroatoms. The number of nitrogens with one attached hydrogen (secondary N) is 1. The number of alkyl halides is 3. The van der Waals surface area contributed by atoms with Gasteiger partial charge in [0.05, 0.1) is 41.1 Å². The molecule has 2 atom stereocenters. The van der Waals surface area contributed by atoms with Crippen LogP contribution in [-0.2, 0) is 21.3 Å². The minimum atomic E-state index is -3.12. The normalized spacial score (nSPS) is 23.5. The predicted molar refractivity (Wildman–Crippen MR) is 153 cm³/mol. The topological polar surface area (TPSA) is 121 Å². The molecule has 2 aromatic heterocycles. The molecule has 2 aliphatic carbocycles. The zero-order valence-electron chi connectivity index (χ0n) is 23.6. The fourth-order valence-corrected chi connectivity index (χ4v) is 7.32. The van der Waals surface area contributed by atoms with E-state index in [2.05, 4.69) is 21.5 Å². The monoisotopic (exact) mass is 630 g/mol. The summed E-state index contributed by atoms with van der Waals surface area (Å²) in [6.45, 7) is -0.368. The van der Waals surface area contributed by atoms with E-state index in [4.69, 9.17) is 0 Å². The van der Waals surface area contributed by atoms with Gasteiger partial charge >= 0.3 is 0 Å². The lowest BCUT2D eigenvalue weighted by molar-refractivity contribution is -0.134. The van der Waals surface area contributed by atoms with E-state index in [-0.39, 0.29) is 35.1 Å². The van der Waals surface area contributed by atoms with Crippen molar-refractivity contribution in [1.82, 2.24) is 20.1 Å². The molecule has 6 rings (SSSR count). The molecule has 1 aliphatic heterocycles. The van der Waals surface area contributed by atoms with Gasteiger partial charge in [-0.3, -0.25) is 4.79 Å². The number of aromatic nitrogens is 3. The van der Waals surface area contributed by atoms with Gasteiger partial charge < -0.3 is 10.2 Å². The minimum Gasteiger partial charge on any atom is -0.369 e. The summed E-state index contributed by atoms with van der Waals surface area (Å²) in [5.74, 6) is -6.30. The molecule has 232 valence electrons. The lowest BCUT2D eigenvalue weighted by Gasteiger charge is -2.35. The quantitative estimate of drug-likeness (QED) is 0.383. The maximum absolute atomic E-state index is 14.9. The first-order valence-corrected chi connectivity index (χ1v) is 16.2. The SMILES string of the molecule is N#CC1(NC(=O)[C@@H]2CC(F)(F)CC[C@H]2c2nn(-c3ccc(F)cn3)c(CF)c2-c2ccc(N3CCS(=O)(=O)CC3)cc2)CC1. The maximum Gasteiger partial charge on any atom is 0.249 e. The Kier molecular flexibility index (Phi) is 7.63. The number of rotatable bonds is 7. The van der Waals surface area contributed by atoms with Crippen LogP contribution in [0.5, 0.6) is 0 Å². The number of pyridine rings is 1. The predicted octanol–water partition coefficient (Wildman–Crippen LogP) is 4.47. The first-order chi connectivity index (χ1) is 20.9. The molecule has 0 unspecified atom stereocenters. The van der Waals surface area contributed by atoms with Crippen molar-refractivity contribution >= 4 is 21.4 Å². The first-order valence-electron chi connectivity index (χ1n) is 14.4. The number of hydrogen-bond donors (Lipinski definition) is 1. The molecule has 0 radical (unpaired) electrons. The Balaban J connectivity index is 1.43. The summed E-state index contributed by atoms with van der Waals surface area (Å²) in [6.07, 6.45) is 0.445. The second-order valence-corrected chi connectivity index (χ2v) is 14.1. The first kappa shape index (κ1) is 30.1. The molecule has 0 spiro atoms. The Morgan fingerprint density at radius 1 is 1.09 bits per heavy atom. The molecule has 0 bridgehead atoms. The van der Waals surface area contributed by atoms with Gasteiger partial charge in [-0.2, -0.15) is 10.4 Å². The highest BCUT2D eigenvalue weighted by molar-refractivity contribution is 7.91. The van der Waals surface area contributed by atoms with Crippen LogP contribution in [0.3, 0.4) is 0 Å². The minimum absolute atomic E-state index is 0.0329. The number of nitrogens with zero attached hydrogens (tertiary/aromatic N) is 5. The van der Waals surface area contributed by atoms with Crippen molar-refractivity contribution in [3.8, 4) is 23.0 Å². The lowest BCUT2D eigenvalue weighted by atomic mass is 9.73. The molecule has 1 saturated heterocycles. The Bertz CT molecular complexity index is 1700. The van der Waals surface area contributed by atoms with E-state index in [1.807, 2.05) is 4.90 Å². The number of sulfone groups is 1. The van der Waals surface area contributed by atoms with E-state index in [0.717, 1.165) is 18.0 Å². The number of carbonyl (C=O) groups excluding carboxylic acids is 1. The molecule has 2 saturated carbocycles. The standard InChI is InChI=1S/C30H30F4N6O3S/c31-16-24-26(19-1-4-21(5-2-19)39-11-13-44(42,43)14-12-39)27(38-40(24)25-6-3-20(32)17-36-25)22-7-8-30(33,34)15-23(22)28(41)37-29(18-35)9-10-29/h1-6,17,22-23H,7-16H2,(H,37,41)/t22-,23-/m1/s1. The van der Waals surface area contributed by atoms with Gasteiger partial charge in [-0.1, -0.05) is 12.1 Å². The van der Waals surface area contributed by atoms with Crippen molar-refractivity contribution in [1.29, 1.82) is 5.26 Å². The van der Waals surface area contributed by atoms with Crippen molar-refractivity contribution in [2.45, 2.75) is 56.2 Å². The van der Waals surface area contributed by atoms with Gasteiger partial charge in [-0.25, -0.2) is 35.6 Å². The van der Waals surface area contributed by atoms with Gasteiger partial charge in [-0.15, -0.1) is 0 Å². The molecule has 3 fully saturated rings. The van der Waals surface area contributed by atoms with Gasteiger partial charge in [0.2, 0.25) is 11.8 Å². The molecule has 44 heavy (non-hydrogen) atoms. The summed E-state index contributed by atoms with van der Waals surface area (Å²) in [7, 11) is -3.09. The second kappa shape index (κ2) is 11.2. The van der Waals surface area contributed by atoms with E-state index in [1.54, 1.807) is 24.3 Å². The van der Waals surface area contributed by atoms with Crippen molar-refractivity contribution in [2.75, 3.05) is 29.5 Å². The van der Waals surface area contributed by atoms with Gasteiger partial charge in [0.15, 0.2) is 15.7 Å². The molecule has 3 aromatic rings. The third kappa shape index (κ3) is 5.89. The van der Waals surface area contributed by atoms with Crippen LogP contribution < -0.4 is 10.2 Å². The zero-order valence-corrected chi connectivity index (χ0v) is 24.5. The summed E-state index contributed by atoms with van der Waals surface area (Å²) in [5, 5.41) is 16.8. The van der Waals surface area contributed by atoms with Crippen LogP contribution >= 0.6 is 0 Å². The van der Waals surface area contributed by atoms with Gasteiger partial charge in [-0.05, 0) is 49.1 Å². The third-order valence-corrected chi connectivity index (χ3v) is 10.4. The lowest BCUT2D eigenvalue weighted by Crippen LogP contribution is -2.45.